The van der Waals surface area contributed by atoms with Crippen molar-refractivity contribution in [2.45, 2.75) is 6.36 Å². The third-order valence-corrected chi connectivity index (χ3v) is 2.92. The number of aromatic nitrogens is 2. The summed E-state index contributed by atoms with van der Waals surface area (Å²) in [6.45, 7) is 0. The number of rotatable bonds is 2. The Morgan fingerprint density at radius 2 is 1.95 bits per heavy atom. The maximum absolute atomic E-state index is 12.3. The third-order valence-electron chi connectivity index (χ3n) is 2.92. The Morgan fingerprint density at radius 1 is 1.14 bits per heavy atom. The van der Waals surface area contributed by atoms with Gasteiger partial charge in [0.1, 0.15) is 0 Å². The summed E-state index contributed by atoms with van der Waals surface area (Å²) < 4.78 is 42.3. The Balaban J connectivity index is 2.09. The fourth-order valence-electron chi connectivity index (χ4n) is 2.05. The molecule has 0 aliphatic carbocycles. The van der Waals surface area contributed by atoms with Crippen LogP contribution in [0, 0.1) is 0 Å². The maximum atomic E-state index is 12.3. The van der Waals surface area contributed by atoms with E-state index in [4.69, 9.17) is 0 Å². The number of fused-ring (bicyclic) bond motifs is 1. The molecule has 2 aromatic heterocycles. The van der Waals surface area contributed by atoms with Gasteiger partial charge >= 0.3 is 6.36 Å². The van der Waals surface area contributed by atoms with Gasteiger partial charge in [-0.3, -0.25) is 0 Å². The van der Waals surface area contributed by atoms with Crippen molar-refractivity contribution < 1.29 is 23.0 Å². The monoisotopic (exact) mass is 294 g/mol. The number of ether oxygens (including phenoxy) is 1. The third kappa shape index (κ3) is 2.62. The highest BCUT2D eigenvalue weighted by molar-refractivity contribution is 5.80. The van der Waals surface area contributed by atoms with Crippen molar-refractivity contribution >= 4 is 5.52 Å². The number of hydrogen-bond donors (Lipinski definition) is 1. The average molecular weight is 294 g/mol. The van der Waals surface area contributed by atoms with Crippen LogP contribution in [-0.4, -0.2) is 21.1 Å². The van der Waals surface area contributed by atoms with Gasteiger partial charge in [-0.2, -0.15) is 5.10 Å². The lowest BCUT2D eigenvalue weighted by atomic mass is 10.1. The lowest BCUT2D eigenvalue weighted by molar-refractivity contribution is -0.275. The van der Waals surface area contributed by atoms with Crippen LogP contribution in [0.25, 0.3) is 16.6 Å². The van der Waals surface area contributed by atoms with Crippen LogP contribution in [0.5, 0.6) is 11.5 Å². The molecular formula is C14H9F3N2O2. The number of phenolic OH excluding ortho intramolecular Hbond substituents is 1. The molecule has 0 unspecified atom stereocenters. The van der Waals surface area contributed by atoms with E-state index in [1.165, 1.54) is 6.07 Å². The summed E-state index contributed by atoms with van der Waals surface area (Å²) in [5, 5.41) is 13.6. The van der Waals surface area contributed by atoms with Crippen LogP contribution in [0.1, 0.15) is 0 Å². The molecule has 0 spiro atoms. The first-order chi connectivity index (χ1) is 9.94. The second-order valence-electron chi connectivity index (χ2n) is 4.32. The lowest BCUT2D eigenvalue weighted by Gasteiger charge is -2.11. The van der Waals surface area contributed by atoms with E-state index in [0.717, 1.165) is 17.6 Å². The first-order valence-corrected chi connectivity index (χ1v) is 5.95. The van der Waals surface area contributed by atoms with Gasteiger partial charge in [0, 0.05) is 11.8 Å². The van der Waals surface area contributed by atoms with Gasteiger partial charge in [0.05, 0.1) is 11.7 Å². The highest BCUT2D eigenvalue weighted by Crippen LogP contribution is 2.36. The van der Waals surface area contributed by atoms with E-state index in [2.05, 4.69) is 9.84 Å². The Labute approximate surface area is 117 Å². The van der Waals surface area contributed by atoms with Crippen molar-refractivity contribution in [3.05, 3.63) is 48.8 Å². The molecular weight excluding hydrogens is 285 g/mol. The zero-order valence-corrected chi connectivity index (χ0v) is 10.5. The summed E-state index contributed by atoms with van der Waals surface area (Å²) in [5.41, 5.74) is 1.84. The average Bonchev–Trinajstić information content (AvgIpc) is 2.84. The van der Waals surface area contributed by atoms with E-state index in [9.17, 15) is 18.3 Å². The van der Waals surface area contributed by atoms with E-state index in [-0.39, 0.29) is 0 Å². The predicted octanol–water partition coefficient (Wildman–Crippen LogP) is 3.61. The van der Waals surface area contributed by atoms with E-state index in [0.29, 0.717) is 11.1 Å². The molecule has 0 amide bonds. The van der Waals surface area contributed by atoms with Crippen LogP contribution in [0.2, 0.25) is 0 Å². The molecule has 0 saturated carbocycles. The molecule has 7 heteroatoms. The van der Waals surface area contributed by atoms with Gasteiger partial charge in [0.2, 0.25) is 0 Å². The van der Waals surface area contributed by atoms with Crippen molar-refractivity contribution in [2.75, 3.05) is 0 Å². The van der Waals surface area contributed by atoms with Crippen molar-refractivity contribution in [1.29, 1.82) is 0 Å². The summed E-state index contributed by atoms with van der Waals surface area (Å²) >= 11 is 0. The zero-order valence-electron chi connectivity index (χ0n) is 10.5. The summed E-state index contributed by atoms with van der Waals surface area (Å²) in [4.78, 5) is 0. The van der Waals surface area contributed by atoms with Crippen molar-refractivity contribution in [1.82, 2.24) is 9.61 Å². The van der Waals surface area contributed by atoms with Gasteiger partial charge in [-0.1, -0.05) is 12.1 Å². The molecule has 1 aromatic carbocycles. The number of phenols is 1. The highest BCUT2D eigenvalue weighted by Gasteiger charge is 2.32. The van der Waals surface area contributed by atoms with Crippen molar-refractivity contribution in [3.8, 4) is 22.6 Å². The second-order valence-corrected chi connectivity index (χ2v) is 4.32. The Hall–Kier alpha value is -2.70. The second kappa shape index (κ2) is 4.69. The van der Waals surface area contributed by atoms with Crippen LogP contribution in [-0.2, 0) is 0 Å². The topological polar surface area (TPSA) is 46.8 Å². The van der Waals surface area contributed by atoms with Gasteiger partial charge in [-0.05, 0) is 29.8 Å². The molecule has 0 bridgehead atoms. The lowest BCUT2D eigenvalue weighted by Crippen LogP contribution is -2.17. The molecule has 3 aromatic rings. The smallest absolute Gasteiger partial charge is 0.504 e. The summed E-state index contributed by atoms with van der Waals surface area (Å²) in [6, 6.07) is 9.17. The number of benzene rings is 1. The molecule has 0 fully saturated rings. The SMILES string of the molecule is Oc1ccc(-c2cnn3ccccc23)cc1OC(F)(F)F. The number of hydrogen-bond acceptors (Lipinski definition) is 3. The van der Waals surface area contributed by atoms with Crippen LogP contribution >= 0.6 is 0 Å². The maximum Gasteiger partial charge on any atom is 0.573 e. The molecule has 0 atom stereocenters. The first-order valence-electron chi connectivity index (χ1n) is 5.95. The van der Waals surface area contributed by atoms with Gasteiger partial charge in [-0.25, -0.2) is 4.52 Å². The standard InChI is InChI=1S/C14H9F3N2O2/c15-14(16,17)21-13-7-9(4-5-12(13)20)10-8-18-19-6-2-1-3-11(10)19/h1-8,20H. The van der Waals surface area contributed by atoms with Crippen LogP contribution < -0.4 is 4.74 Å². The summed E-state index contributed by atoms with van der Waals surface area (Å²) in [6.07, 6.45) is -1.59. The van der Waals surface area contributed by atoms with Gasteiger partial charge < -0.3 is 9.84 Å². The minimum Gasteiger partial charge on any atom is -0.504 e. The summed E-state index contributed by atoms with van der Waals surface area (Å²) in [7, 11) is 0. The van der Waals surface area contributed by atoms with Crippen LogP contribution in [0.3, 0.4) is 0 Å². The van der Waals surface area contributed by atoms with E-state index in [1.54, 1.807) is 35.1 Å². The Bertz CT molecular complexity index is 796. The molecule has 0 aliphatic heterocycles. The number of nitrogens with zero attached hydrogens (tertiary/aromatic N) is 2. The summed E-state index contributed by atoms with van der Waals surface area (Å²) in [5.74, 6) is -1.22. The normalized spacial score (nSPS) is 11.8. The van der Waals surface area contributed by atoms with Gasteiger partial charge in [-0.15, -0.1) is 13.2 Å². The molecule has 2 heterocycles. The first kappa shape index (κ1) is 13.3. The minimum atomic E-state index is -4.86. The number of halogens is 3. The molecule has 0 aliphatic rings. The van der Waals surface area contributed by atoms with E-state index < -0.39 is 17.9 Å². The van der Waals surface area contributed by atoms with E-state index >= 15 is 0 Å². The fraction of sp³-hybridized carbons (Fsp3) is 0.0714. The zero-order chi connectivity index (χ0) is 15.0. The quantitative estimate of drug-likeness (QED) is 0.785. The molecule has 108 valence electrons. The number of pyridine rings is 1. The van der Waals surface area contributed by atoms with Gasteiger partial charge in [0.15, 0.2) is 11.5 Å². The van der Waals surface area contributed by atoms with Crippen LogP contribution in [0.15, 0.2) is 48.8 Å². The van der Waals surface area contributed by atoms with Crippen molar-refractivity contribution in [2.24, 2.45) is 0 Å². The highest BCUT2D eigenvalue weighted by atomic mass is 19.4. The largest absolute Gasteiger partial charge is 0.573 e. The number of alkyl halides is 3. The Morgan fingerprint density at radius 3 is 2.71 bits per heavy atom. The molecule has 21 heavy (non-hydrogen) atoms. The fourth-order valence-corrected chi connectivity index (χ4v) is 2.05. The molecule has 1 N–H and O–H groups in total. The number of aromatic hydroxyl groups is 1. The molecule has 0 radical (unpaired) electrons. The van der Waals surface area contributed by atoms with Crippen molar-refractivity contribution in [3.63, 3.8) is 0 Å². The van der Waals surface area contributed by atoms with Crippen LogP contribution in [0.4, 0.5) is 13.2 Å². The predicted molar refractivity (Wildman–Crippen MR) is 69.0 cm³/mol. The van der Waals surface area contributed by atoms with E-state index in [1.807, 2.05) is 0 Å². The molecule has 3 rings (SSSR count). The Kier molecular flexibility index (Phi) is 2.97. The molecule has 0 saturated heterocycles. The molecule has 4 nitrogen and oxygen atoms in total. The van der Waals surface area contributed by atoms with Gasteiger partial charge in [0.25, 0.3) is 0 Å². The minimum absolute atomic E-state index is 0.466.